The molecule has 9 aliphatic rings. The van der Waals surface area contributed by atoms with Crippen molar-refractivity contribution in [1.82, 2.24) is 78.0 Å². The molecular formula is C106H112N24O13. The number of fused-ring (bicyclic) bond motifs is 8. The third kappa shape index (κ3) is 20.4. The summed E-state index contributed by atoms with van der Waals surface area (Å²) >= 11 is 0. The van der Waals surface area contributed by atoms with E-state index in [0.29, 0.717) is 84.9 Å². The summed E-state index contributed by atoms with van der Waals surface area (Å²) in [5.74, 6) is 8.92. The normalized spacial score (nSPS) is 16.3. The number of pyridine rings is 1. The van der Waals surface area contributed by atoms with Crippen molar-refractivity contribution < 1.29 is 61.6 Å². The minimum atomic E-state index is -0.154. The molecule has 7 aromatic carbocycles. The molecule has 1 amide bonds. The molecular weight excluding hydrogens is 1820 g/mol. The first-order valence-corrected chi connectivity index (χ1v) is 48.6. The fourth-order valence-electron chi connectivity index (χ4n) is 19.2. The molecule has 0 saturated carbocycles. The van der Waals surface area contributed by atoms with Crippen LogP contribution in [-0.4, -0.2) is 266 Å². The van der Waals surface area contributed by atoms with E-state index < -0.39 is 0 Å². The lowest BCUT2D eigenvalue weighted by atomic mass is 10.0. The van der Waals surface area contributed by atoms with Gasteiger partial charge >= 0.3 is 0 Å². The van der Waals surface area contributed by atoms with Gasteiger partial charge in [0.2, 0.25) is 5.88 Å². The van der Waals surface area contributed by atoms with Crippen LogP contribution in [0.2, 0.25) is 0 Å². The molecule has 734 valence electrons. The lowest BCUT2D eigenvalue weighted by Crippen LogP contribution is -2.56. The molecule has 37 heteroatoms. The third-order valence-electron chi connectivity index (χ3n) is 26.7. The van der Waals surface area contributed by atoms with Crippen LogP contribution in [0.4, 0.5) is 68.8 Å². The molecule has 9 aromatic heterocycles. The standard InChI is InChI=1S/C29H32N6O3.C26H26N6O4.C26H28N6O3.C25H26N6O3/c1-36-27-16-22(5-6-25(27)34-12-10-33(11-13-34)23-18-37-19-23)31-28-29-30-8-9-35(29)17-24(32-28)20-4-7-26-21(15-20)3-2-14-38-26;1-34-23-15-18(3-4-21(23)31-9-12-35-13-10-31)29-24-25-27-6-8-32(25)16-20(30-24)17-2-5-22-19(14-17)26(33)28-7-11-36-22;1-33-24-15-20(3-4-22(24)31-9-12-34-13-10-31)29-25-26-28-6-8-32(26)17-21(30-25)18-2-5-23-19(14-18)16-27-7-11-35-23;1-32-22-14-19(4-5-21(22)30-8-11-33-12-9-30)28-23-24-26-6-7-31(24)16-20(29-23)18-13-17-3-2-10-34-25(17)27-15-18/h4-9,15-17,23H,2-3,10-14,18-19H2,1H3,(H,31,32);2-6,8,14-16H,7,9-13H2,1H3,(H,28,33)(H,29,30);2-6,8,14-15,17,27H,7,9-13,16H2,1H3,(H,29,30);4-7,13-16H,2-3,8-12H2,1H3,(H,28,29). The maximum atomic E-state index is 12.5. The van der Waals surface area contributed by atoms with Gasteiger partial charge in [0.05, 0.1) is 158 Å². The molecule has 0 spiro atoms. The fourth-order valence-corrected chi connectivity index (χ4v) is 19.2. The van der Waals surface area contributed by atoms with Crippen LogP contribution >= 0.6 is 0 Å². The van der Waals surface area contributed by atoms with E-state index in [1.165, 1.54) is 5.56 Å². The van der Waals surface area contributed by atoms with Gasteiger partial charge in [0, 0.05) is 239 Å². The van der Waals surface area contributed by atoms with Crippen molar-refractivity contribution in [3.8, 4) is 91.2 Å². The number of nitrogens with zero attached hydrogens (tertiary/aromatic N) is 18. The van der Waals surface area contributed by atoms with Gasteiger partial charge in [0.15, 0.2) is 45.9 Å². The summed E-state index contributed by atoms with van der Waals surface area (Å²) in [6.07, 6.45) is 28.5. The van der Waals surface area contributed by atoms with Crippen LogP contribution in [0.1, 0.15) is 39.9 Å². The number of imidazole rings is 4. The number of methoxy groups -OCH3 is 4. The summed E-state index contributed by atoms with van der Waals surface area (Å²) < 4.78 is 75.7. The van der Waals surface area contributed by atoms with Gasteiger partial charge in [-0.1, -0.05) is 0 Å². The number of benzene rings is 7. The van der Waals surface area contributed by atoms with Crippen molar-refractivity contribution in [2.45, 2.75) is 38.3 Å². The molecule has 18 heterocycles. The summed E-state index contributed by atoms with van der Waals surface area (Å²) in [6, 6.07) is 45.3. The lowest BCUT2D eigenvalue weighted by Gasteiger charge is -2.43. The number of carbonyl (C=O) groups excluding carboxylic acids is 1. The number of amides is 1. The van der Waals surface area contributed by atoms with E-state index in [1.807, 2.05) is 146 Å². The van der Waals surface area contributed by atoms with Crippen molar-refractivity contribution in [2.24, 2.45) is 0 Å². The summed E-state index contributed by atoms with van der Waals surface area (Å²) in [7, 11) is 6.80. The fraction of sp³-hybridized carbons (Fsp3) is 0.321. The van der Waals surface area contributed by atoms with Gasteiger partial charge in [-0.15, -0.1) is 0 Å². The van der Waals surface area contributed by atoms with Crippen molar-refractivity contribution in [3.05, 3.63) is 236 Å². The Balaban J connectivity index is 0.000000109. The zero-order valence-corrected chi connectivity index (χ0v) is 80.1. The van der Waals surface area contributed by atoms with Gasteiger partial charge < -0.3 is 126 Å². The Morgan fingerprint density at radius 2 is 0.734 bits per heavy atom. The number of anilines is 12. The van der Waals surface area contributed by atoms with E-state index in [-0.39, 0.29) is 5.91 Å². The van der Waals surface area contributed by atoms with Gasteiger partial charge in [-0.05, 0) is 140 Å². The summed E-state index contributed by atoms with van der Waals surface area (Å²) in [5, 5.41) is 20.1. The van der Waals surface area contributed by atoms with Crippen LogP contribution in [0.5, 0.6) is 46.1 Å². The molecule has 9 aliphatic heterocycles. The number of piperazine rings is 1. The minimum absolute atomic E-state index is 0.154. The molecule has 0 aliphatic carbocycles. The average Bonchev–Trinajstić information content (AvgIpc) is 1.73. The minimum Gasteiger partial charge on any atom is -0.495 e. The van der Waals surface area contributed by atoms with E-state index in [9.17, 15) is 4.79 Å². The molecule has 0 unspecified atom stereocenters. The third-order valence-corrected chi connectivity index (χ3v) is 26.7. The molecule has 6 N–H and O–H groups in total. The summed E-state index contributed by atoms with van der Waals surface area (Å²) in [5.41, 5.74) is 21.8. The smallest absolute Gasteiger partial charge is 0.255 e. The lowest BCUT2D eigenvalue weighted by molar-refractivity contribution is -0.0660. The highest BCUT2D eigenvalue weighted by Gasteiger charge is 2.32. The van der Waals surface area contributed by atoms with E-state index in [1.54, 1.807) is 53.2 Å². The quantitative estimate of drug-likeness (QED) is 0.0389. The maximum absolute atomic E-state index is 12.5. The van der Waals surface area contributed by atoms with Crippen LogP contribution < -0.4 is 89.4 Å². The van der Waals surface area contributed by atoms with Crippen molar-refractivity contribution in [1.29, 1.82) is 0 Å². The number of nitrogens with one attached hydrogen (secondary N) is 6. The van der Waals surface area contributed by atoms with Crippen LogP contribution in [0.3, 0.4) is 0 Å². The highest BCUT2D eigenvalue weighted by atomic mass is 16.5. The van der Waals surface area contributed by atoms with E-state index in [2.05, 4.69) is 142 Å². The van der Waals surface area contributed by atoms with Gasteiger partial charge in [0.1, 0.15) is 53.5 Å². The molecule has 5 fully saturated rings. The van der Waals surface area contributed by atoms with Crippen molar-refractivity contribution >= 4 is 97.3 Å². The number of aromatic nitrogens is 13. The molecule has 0 radical (unpaired) electrons. The molecule has 37 nitrogen and oxygen atoms in total. The summed E-state index contributed by atoms with van der Waals surface area (Å²) in [6.45, 7) is 19.8. The van der Waals surface area contributed by atoms with Crippen LogP contribution in [0.25, 0.3) is 67.6 Å². The Bertz CT molecular complexity index is 7270. The van der Waals surface area contributed by atoms with Gasteiger partial charge in [0.25, 0.3) is 5.91 Å². The summed E-state index contributed by atoms with van der Waals surface area (Å²) in [4.78, 5) is 66.6. The molecule has 25 rings (SSSR count). The largest absolute Gasteiger partial charge is 0.495 e. The number of carbonyl (C=O) groups is 1. The Hall–Kier alpha value is -15.8. The number of aryl methyl sites for hydroxylation is 2. The Morgan fingerprint density at radius 1 is 0.357 bits per heavy atom. The van der Waals surface area contributed by atoms with Crippen molar-refractivity contribution in [2.75, 3.05) is 227 Å². The molecule has 143 heavy (non-hydrogen) atoms. The second-order valence-electron chi connectivity index (χ2n) is 35.7. The number of hydrogen-bond donors (Lipinski definition) is 6. The van der Waals surface area contributed by atoms with Gasteiger partial charge in [-0.25, -0.2) is 44.9 Å². The zero-order chi connectivity index (χ0) is 96.5. The van der Waals surface area contributed by atoms with Crippen molar-refractivity contribution in [3.63, 3.8) is 0 Å². The van der Waals surface area contributed by atoms with E-state index in [0.717, 1.165) is 310 Å². The zero-order valence-electron chi connectivity index (χ0n) is 80.1. The molecule has 0 bridgehead atoms. The van der Waals surface area contributed by atoms with E-state index >= 15 is 0 Å². The van der Waals surface area contributed by atoms with Gasteiger partial charge in [-0.3, -0.25) is 9.69 Å². The molecule has 5 saturated heterocycles. The highest BCUT2D eigenvalue weighted by molar-refractivity contribution is 5.98. The average molecular weight is 1930 g/mol. The highest BCUT2D eigenvalue weighted by Crippen LogP contribution is 2.43. The first kappa shape index (κ1) is 92.2. The topological polar surface area (TPSA) is 350 Å². The monoisotopic (exact) mass is 1930 g/mol. The second kappa shape index (κ2) is 42.3. The number of ether oxygens (including phenoxy) is 12. The number of hydrogen-bond acceptors (Lipinski definition) is 32. The van der Waals surface area contributed by atoms with Crippen LogP contribution in [0.15, 0.2) is 214 Å². The molecule has 0 atom stereocenters. The Labute approximate surface area is 825 Å². The predicted octanol–water partition coefficient (Wildman–Crippen LogP) is 14.3. The number of rotatable bonds is 21. The van der Waals surface area contributed by atoms with E-state index in [4.69, 9.17) is 76.8 Å². The molecule has 16 aromatic rings. The maximum Gasteiger partial charge on any atom is 0.255 e. The first-order chi connectivity index (χ1) is 70.5. The van der Waals surface area contributed by atoms with Crippen LogP contribution in [-0.2, 0) is 38.3 Å². The van der Waals surface area contributed by atoms with Crippen LogP contribution in [0, 0.1) is 0 Å². The number of morpholine rings is 3. The Morgan fingerprint density at radius 3 is 1.17 bits per heavy atom. The second-order valence-corrected chi connectivity index (χ2v) is 35.7. The SMILES string of the molecule is COc1cc(Nc2nc(-c3ccc4c(c3)C(=O)NCCO4)cn3ccnc23)ccc1N1CCOCC1.COc1cc(Nc2nc(-c3ccc4c(c3)CCCO4)cn3ccnc23)ccc1N1CCN(C2COC2)CC1.COc1cc(Nc2nc(-c3ccc4c(c3)CNCCO4)cn3ccnc23)ccc1N1CCOCC1.COc1cc(Nc2nc(-c3cnc4c(c3)CCCO4)cn3ccnc23)ccc1N1CCOCC1. The van der Waals surface area contributed by atoms with Gasteiger partial charge in [-0.2, -0.15) is 0 Å². The predicted molar refractivity (Wildman–Crippen MR) is 547 cm³/mol. The first-order valence-electron chi connectivity index (χ1n) is 48.6. The Kier molecular flexibility index (Phi) is 27.3.